The van der Waals surface area contributed by atoms with E-state index in [1.54, 1.807) is 28.9 Å². The molecule has 2 aromatic carbocycles. The van der Waals surface area contributed by atoms with Crippen molar-refractivity contribution in [2.45, 2.75) is 6.04 Å². The van der Waals surface area contributed by atoms with Crippen LogP contribution in [0.5, 0.6) is 0 Å². The maximum Gasteiger partial charge on any atom is 0.269 e. The third-order valence-electron chi connectivity index (χ3n) is 3.93. The molecular formula is C16H11FN6O2. The third-order valence-corrected chi connectivity index (χ3v) is 3.93. The quantitative estimate of drug-likeness (QED) is 0.582. The number of hydrogen-bond acceptors (Lipinski definition) is 6. The lowest BCUT2D eigenvalue weighted by molar-refractivity contribution is -0.384. The summed E-state index contributed by atoms with van der Waals surface area (Å²) in [7, 11) is 0. The molecule has 1 aliphatic heterocycles. The molecule has 124 valence electrons. The number of rotatable bonds is 3. The van der Waals surface area contributed by atoms with Crippen molar-refractivity contribution in [3.63, 3.8) is 0 Å². The third kappa shape index (κ3) is 2.71. The Morgan fingerprint density at radius 3 is 2.52 bits per heavy atom. The summed E-state index contributed by atoms with van der Waals surface area (Å²) < 4.78 is 14.7. The molecule has 4 rings (SSSR count). The van der Waals surface area contributed by atoms with E-state index in [2.05, 4.69) is 20.8 Å². The summed E-state index contributed by atoms with van der Waals surface area (Å²) in [5, 5.41) is 25.5. The normalized spacial score (nSPS) is 15.9. The molecule has 1 aromatic heterocycles. The fraction of sp³-hybridized carbons (Fsp3) is 0.0625. The lowest BCUT2D eigenvalue weighted by atomic mass is 10.0. The topological polar surface area (TPSA) is 98.8 Å². The average molecular weight is 338 g/mol. The van der Waals surface area contributed by atoms with E-state index >= 15 is 0 Å². The average Bonchev–Trinajstić information content (AvgIpc) is 3.10. The molecule has 1 atom stereocenters. The van der Waals surface area contributed by atoms with Gasteiger partial charge >= 0.3 is 0 Å². The standard InChI is InChI=1S/C16H11FN6O2/c17-12-5-1-10(2-6-12)14-9-15(22-16(18-14)19-20-21-22)11-3-7-13(8-4-11)23(24)25/h1-9,15H,(H,18,19,21)/t15-/m1/s1. The summed E-state index contributed by atoms with van der Waals surface area (Å²) >= 11 is 0. The number of tetrazole rings is 1. The number of benzene rings is 2. The molecule has 8 nitrogen and oxygen atoms in total. The van der Waals surface area contributed by atoms with Crippen LogP contribution in [0.4, 0.5) is 16.0 Å². The minimum atomic E-state index is -0.450. The van der Waals surface area contributed by atoms with Crippen LogP contribution < -0.4 is 5.32 Å². The number of allylic oxidation sites excluding steroid dienone is 1. The number of nitro benzene ring substituents is 1. The Balaban J connectivity index is 1.76. The first kappa shape index (κ1) is 14.9. The molecule has 2 heterocycles. The molecule has 0 bridgehead atoms. The van der Waals surface area contributed by atoms with Gasteiger partial charge in [-0.25, -0.2) is 4.39 Å². The molecule has 0 radical (unpaired) electrons. The maximum absolute atomic E-state index is 13.2. The Labute approximate surface area is 140 Å². The maximum atomic E-state index is 13.2. The molecule has 0 amide bonds. The van der Waals surface area contributed by atoms with Gasteiger partial charge in [-0.15, -0.1) is 0 Å². The zero-order valence-corrected chi connectivity index (χ0v) is 12.7. The zero-order valence-electron chi connectivity index (χ0n) is 12.7. The predicted molar refractivity (Wildman–Crippen MR) is 87.1 cm³/mol. The van der Waals surface area contributed by atoms with Crippen molar-refractivity contribution in [1.29, 1.82) is 0 Å². The van der Waals surface area contributed by atoms with Crippen LogP contribution in [0, 0.1) is 15.9 Å². The summed E-state index contributed by atoms with van der Waals surface area (Å²) in [4.78, 5) is 10.4. The monoisotopic (exact) mass is 338 g/mol. The fourth-order valence-corrected chi connectivity index (χ4v) is 2.68. The largest absolute Gasteiger partial charge is 0.323 e. The Morgan fingerprint density at radius 1 is 1.12 bits per heavy atom. The van der Waals surface area contributed by atoms with Crippen molar-refractivity contribution in [2.24, 2.45) is 0 Å². The van der Waals surface area contributed by atoms with E-state index in [0.717, 1.165) is 16.8 Å². The van der Waals surface area contributed by atoms with E-state index in [9.17, 15) is 14.5 Å². The highest BCUT2D eigenvalue weighted by Crippen LogP contribution is 2.32. The number of aromatic nitrogens is 4. The van der Waals surface area contributed by atoms with Crippen molar-refractivity contribution in [1.82, 2.24) is 20.2 Å². The predicted octanol–water partition coefficient (Wildman–Crippen LogP) is 2.78. The van der Waals surface area contributed by atoms with Crippen LogP contribution in [-0.4, -0.2) is 25.1 Å². The summed E-state index contributed by atoms with van der Waals surface area (Å²) in [6.07, 6.45) is 1.89. The molecule has 3 aromatic rings. The van der Waals surface area contributed by atoms with Crippen molar-refractivity contribution in [3.8, 4) is 0 Å². The Morgan fingerprint density at radius 2 is 1.84 bits per heavy atom. The van der Waals surface area contributed by atoms with Crippen molar-refractivity contribution >= 4 is 17.3 Å². The van der Waals surface area contributed by atoms with Gasteiger partial charge in [0.1, 0.15) is 11.9 Å². The van der Waals surface area contributed by atoms with E-state index in [1.807, 2.05) is 6.08 Å². The number of nitrogens with one attached hydrogen (secondary N) is 1. The molecule has 0 fully saturated rings. The molecular weight excluding hydrogens is 327 g/mol. The lowest BCUT2D eigenvalue weighted by Gasteiger charge is -2.23. The fourth-order valence-electron chi connectivity index (χ4n) is 2.68. The van der Waals surface area contributed by atoms with E-state index in [4.69, 9.17) is 0 Å². The molecule has 0 aliphatic carbocycles. The number of non-ortho nitro benzene ring substituents is 1. The van der Waals surface area contributed by atoms with Crippen LogP contribution in [0.2, 0.25) is 0 Å². The second-order valence-corrected chi connectivity index (χ2v) is 5.45. The second-order valence-electron chi connectivity index (χ2n) is 5.45. The molecule has 9 heteroatoms. The molecule has 1 N–H and O–H groups in total. The number of nitrogens with zero attached hydrogens (tertiary/aromatic N) is 5. The van der Waals surface area contributed by atoms with Gasteiger partial charge in [-0.2, -0.15) is 4.68 Å². The van der Waals surface area contributed by atoms with E-state index < -0.39 is 4.92 Å². The smallest absolute Gasteiger partial charge is 0.269 e. The van der Waals surface area contributed by atoms with Crippen molar-refractivity contribution < 1.29 is 9.31 Å². The minimum absolute atomic E-state index is 0.0114. The Bertz CT molecular complexity index is 965. The highest BCUT2D eigenvalue weighted by atomic mass is 19.1. The summed E-state index contributed by atoms with van der Waals surface area (Å²) in [6, 6.07) is 11.9. The van der Waals surface area contributed by atoms with E-state index in [-0.39, 0.29) is 17.5 Å². The summed E-state index contributed by atoms with van der Waals surface area (Å²) in [5.74, 6) is 0.113. The lowest BCUT2D eigenvalue weighted by Crippen LogP contribution is -2.20. The first-order valence-corrected chi connectivity index (χ1v) is 7.39. The number of halogens is 1. The van der Waals surface area contributed by atoms with Gasteiger partial charge in [0, 0.05) is 17.8 Å². The van der Waals surface area contributed by atoms with Crippen LogP contribution >= 0.6 is 0 Å². The van der Waals surface area contributed by atoms with E-state index in [0.29, 0.717) is 5.95 Å². The van der Waals surface area contributed by atoms with Gasteiger partial charge in [0.15, 0.2) is 0 Å². The Kier molecular flexibility index (Phi) is 3.46. The van der Waals surface area contributed by atoms with Gasteiger partial charge in [0.2, 0.25) is 5.95 Å². The van der Waals surface area contributed by atoms with E-state index in [1.165, 1.54) is 24.3 Å². The molecule has 0 saturated heterocycles. The van der Waals surface area contributed by atoms with Gasteiger partial charge < -0.3 is 5.32 Å². The molecule has 0 spiro atoms. The van der Waals surface area contributed by atoms with Gasteiger partial charge in [0.05, 0.1) is 4.92 Å². The second kappa shape index (κ2) is 5.78. The van der Waals surface area contributed by atoms with Gasteiger partial charge in [-0.1, -0.05) is 5.10 Å². The molecule has 0 saturated carbocycles. The molecule has 25 heavy (non-hydrogen) atoms. The van der Waals surface area contributed by atoms with Crippen molar-refractivity contribution in [3.05, 3.63) is 81.7 Å². The van der Waals surface area contributed by atoms with Crippen LogP contribution in [0.15, 0.2) is 54.6 Å². The highest BCUT2D eigenvalue weighted by Gasteiger charge is 2.24. The van der Waals surface area contributed by atoms with Crippen molar-refractivity contribution in [2.75, 3.05) is 5.32 Å². The van der Waals surface area contributed by atoms with Gasteiger partial charge in [-0.05, 0) is 64.0 Å². The summed E-state index contributed by atoms with van der Waals surface area (Å²) in [6.45, 7) is 0. The number of hydrogen-bond donors (Lipinski definition) is 1. The first-order chi connectivity index (χ1) is 12.1. The first-order valence-electron chi connectivity index (χ1n) is 7.39. The molecule has 0 unspecified atom stereocenters. The number of fused-ring (bicyclic) bond motifs is 1. The zero-order chi connectivity index (χ0) is 17.4. The van der Waals surface area contributed by atoms with Crippen LogP contribution in [0.25, 0.3) is 5.70 Å². The highest BCUT2D eigenvalue weighted by molar-refractivity contribution is 5.76. The van der Waals surface area contributed by atoms with Crippen LogP contribution in [-0.2, 0) is 0 Å². The SMILES string of the molecule is O=[N+]([O-])c1ccc([C@H]2C=C(c3ccc(F)cc3)Nc3nnnn32)cc1. The number of nitro groups is 1. The minimum Gasteiger partial charge on any atom is -0.323 e. The van der Waals surface area contributed by atoms with Gasteiger partial charge in [-0.3, -0.25) is 10.1 Å². The number of anilines is 1. The Hall–Kier alpha value is -3.62. The summed E-state index contributed by atoms with van der Waals surface area (Å²) in [5.41, 5.74) is 2.31. The van der Waals surface area contributed by atoms with Gasteiger partial charge in [0.25, 0.3) is 5.69 Å². The van der Waals surface area contributed by atoms with Crippen LogP contribution in [0.3, 0.4) is 0 Å². The van der Waals surface area contributed by atoms with Crippen LogP contribution in [0.1, 0.15) is 17.2 Å². The molecule has 1 aliphatic rings.